The first-order chi connectivity index (χ1) is 2.41. The SMILES string of the molecule is BCCC#C. The maximum atomic E-state index is 4.89. The zero-order chi connectivity index (χ0) is 4.12. The summed E-state index contributed by atoms with van der Waals surface area (Å²) in [7, 11) is 2.07. The van der Waals surface area contributed by atoms with Crippen molar-refractivity contribution in [3.05, 3.63) is 0 Å². The van der Waals surface area contributed by atoms with Gasteiger partial charge in [-0.1, -0.05) is 6.32 Å². The van der Waals surface area contributed by atoms with Crippen molar-refractivity contribution in [3.8, 4) is 12.3 Å². The van der Waals surface area contributed by atoms with Gasteiger partial charge in [-0.15, -0.1) is 12.3 Å². The maximum Gasteiger partial charge on any atom is 0.102 e. The fourth-order valence-electron chi connectivity index (χ4n) is 0.144. The Morgan fingerprint density at radius 3 is 2.40 bits per heavy atom. The Morgan fingerprint density at radius 2 is 2.40 bits per heavy atom. The summed E-state index contributed by atoms with van der Waals surface area (Å²) in [5.41, 5.74) is 0. The summed E-state index contributed by atoms with van der Waals surface area (Å²) in [6.07, 6.45) is 6.91. The van der Waals surface area contributed by atoms with Crippen molar-refractivity contribution < 1.29 is 0 Å². The Kier molecular flexibility index (Phi) is 3.35. The van der Waals surface area contributed by atoms with Gasteiger partial charge in [0, 0.05) is 6.42 Å². The van der Waals surface area contributed by atoms with E-state index in [1.807, 2.05) is 0 Å². The van der Waals surface area contributed by atoms with E-state index >= 15 is 0 Å². The minimum absolute atomic E-state index is 0.917. The lowest BCUT2D eigenvalue weighted by molar-refractivity contribution is 1.27. The quantitative estimate of drug-likeness (QED) is 0.300. The van der Waals surface area contributed by atoms with E-state index in [2.05, 4.69) is 13.8 Å². The number of hydrogen-bond acceptors (Lipinski definition) is 0. The summed E-state index contributed by atoms with van der Waals surface area (Å²) in [5, 5.41) is 0. The van der Waals surface area contributed by atoms with E-state index in [0.29, 0.717) is 0 Å². The van der Waals surface area contributed by atoms with Crippen molar-refractivity contribution in [1.82, 2.24) is 0 Å². The van der Waals surface area contributed by atoms with Crippen LogP contribution in [-0.2, 0) is 0 Å². The molecule has 0 rings (SSSR count). The number of terminal acetylenes is 1. The van der Waals surface area contributed by atoms with Gasteiger partial charge < -0.3 is 0 Å². The van der Waals surface area contributed by atoms with Crippen molar-refractivity contribution >= 4 is 7.85 Å². The molecule has 0 radical (unpaired) electrons. The largest absolute Gasteiger partial charge is 0.120 e. The van der Waals surface area contributed by atoms with Gasteiger partial charge in [0.2, 0.25) is 0 Å². The summed E-state index contributed by atoms with van der Waals surface area (Å²) in [6, 6.07) is 0. The lowest BCUT2D eigenvalue weighted by atomic mass is 10.0. The van der Waals surface area contributed by atoms with E-state index in [9.17, 15) is 0 Å². The summed E-state index contributed by atoms with van der Waals surface area (Å²) in [4.78, 5) is 0. The fraction of sp³-hybridized carbons (Fsp3) is 0.500. The third kappa shape index (κ3) is 3.62. The molecule has 0 aromatic carbocycles. The van der Waals surface area contributed by atoms with Crippen LogP contribution in [0.25, 0.3) is 0 Å². The lowest BCUT2D eigenvalue weighted by Crippen LogP contribution is -1.59. The summed E-state index contributed by atoms with van der Waals surface area (Å²) in [6.45, 7) is 0. The lowest BCUT2D eigenvalue weighted by Gasteiger charge is -1.68. The van der Waals surface area contributed by atoms with Crippen LogP contribution < -0.4 is 0 Å². The normalized spacial score (nSPS) is 6.20. The number of rotatable bonds is 1. The van der Waals surface area contributed by atoms with Gasteiger partial charge in [0.25, 0.3) is 0 Å². The molecule has 0 aliphatic carbocycles. The average molecular weight is 65.9 g/mol. The molecule has 0 unspecified atom stereocenters. The zero-order valence-corrected chi connectivity index (χ0v) is 3.49. The molecule has 5 heavy (non-hydrogen) atoms. The third-order valence-corrected chi connectivity index (χ3v) is 0.394. The molecule has 0 N–H and O–H groups in total. The first-order valence-corrected chi connectivity index (χ1v) is 1.85. The van der Waals surface area contributed by atoms with Crippen LogP contribution >= 0.6 is 0 Å². The molecule has 0 saturated heterocycles. The van der Waals surface area contributed by atoms with E-state index < -0.39 is 0 Å². The molecule has 0 nitrogen and oxygen atoms in total. The van der Waals surface area contributed by atoms with Gasteiger partial charge in [-0.3, -0.25) is 0 Å². The van der Waals surface area contributed by atoms with E-state index in [1.54, 1.807) is 0 Å². The van der Waals surface area contributed by atoms with Crippen LogP contribution in [0, 0.1) is 12.3 Å². The van der Waals surface area contributed by atoms with Crippen LogP contribution in [0.3, 0.4) is 0 Å². The van der Waals surface area contributed by atoms with E-state index in [1.165, 1.54) is 0 Å². The topological polar surface area (TPSA) is 0 Å². The van der Waals surface area contributed by atoms with Crippen molar-refractivity contribution in [2.24, 2.45) is 0 Å². The summed E-state index contributed by atoms with van der Waals surface area (Å²) in [5.74, 6) is 2.52. The van der Waals surface area contributed by atoms with E-state index in [-0.39, 0.29) is 0 Å². The van der Waals surface area contributed by atoms with Crippen molar-refractivity contribution in [2.45, 2.75) is 12.7 Å². The van der Waals surface area contributed by atoms with Crippen molar-refractivity contribution in [1.29, 1.82) is 0 Å². The predicted octanol–water partition coefficient (Wildman–Crippen LogP) is 0.0611. The Morgan fingerprint density at radius 1 is 1.80 bits per heavy atom. The average Bonchev–Trinajstić information content (AvgIpc) is 1.41. The Balaban J connectivity index is 2.48. The second-order valence-electron chi connectivity index (χ2n) is 0.954. The van der Waals surface area contributed by atoms with Crippen LogP contribution in [0.1, 0.15) is 6.42 Å². The predicted molar refractivity (Wildman–Crippen MR) is 26.8 cm³/mol. The molecule has 1 heteroatoms. The second-order valence-corrected chi connectivity index (χ2v) is 0.954. The Bertz CT molecular complexity index is 42.1. The minimum atomic E-state index is 0.917. The molecule has 0 atom stereocenters. The van der Waals surface area contributed by atoms with Crippen LogP contribution in [0.4, 0.5) is 0 Å². The molecular formula is C4H7B. The van der Waals surface area contributed by atoms with Crippen LogP contribution in [0.2, 0.25) is 6.32 Å². The molecule has 0 heterocycles. The van der Waals surface area contributed by atoms with Gasteiger partial charge in [-0.2, -0.15) is 0 Å². The van der Waals surface area contributed by atoms with Gasteiger partial charge in [0.1, 0.15) is 7.85 Å². The highest BCUT2D eigenvalue weighted by Gasteiger charge is 1.62. The molecule has 0 saturated carbocycles. The molecule has 0 fully saturated rings. The molecule has 26 valence electrons. The van der Waals surface area contributed by atoms with Gasteiger partial charge in [0.05, 0.1) is 0 Å². The minimum Gasteiger partial charge on any atom is -0.120 e. The summed E-state index contributed by atoms with van der Waals surface area (Å²) >= 11 is 0. The first-order valence-electron chi connectivity index (χ1n) is 1.85. The van der Waals surface area contributed by atoms with Crippen LogP contribution in [0.5, 0.6) is 0 Å². The molecule has 0 aliphatic heterocycles. The fourth-order valence-corrected chi connectivity index (χ4v) is 0.144. The molecule has 0 aromatic rings. The van der Waals surface area contributed by atoms with Crippen LogP contribution in [0.15, 0.2) is 0 Å². The molecule has 0 bridgehead atoms. The molecule has 0 amide bonds. The monoisotopic (exact) mass is 66.1 g/mol. The second kappa shape index (κ2) is 3.62. The van der Waals surface area contributed by atoms with Gasteiger partial charge in [-0.25, -0.2) is 0 Å². The number of hydrogen-bond donors (Lipinski definition) is 0. The third-order valence-electron chi connectivity index (χ3n) is 0.394. The van der Waals surface area contributed by atoms with Crippen LogP contribution in [-0.4, -0.2) is 7.85 Å². The molecule has 0 aliphatic rings. The van der Waals surface area contributed by atoms with E-state index in [4.69, 9.17) is 6.42 Å². The highest BCUT2D eigenvalue weighted by Crippen LogP contribution is 1.74. The highest BCUT2D eigenvalue weighted by atomic mass is 13.6. The summed E-state index contributed by atoms with van der Waals surface area (Å²) < 4.78 is 0. The van der Waals surface area contributed by atoms with Gasteiger partial charge in [-0.05, 0) is 0 Å². The van der Waals surface area contributed by atoms with Gasteiger partial charge in [0.15, 0.2) is 0 Å². The molecule has 0 aromatic heterocycles. The smallest absolute Gasteiger partial charge is 0.102 e. The Labute approximate surface area is 34.0 Å². The standard InChI is InChI=1S/C4H7B/c1-2-3-4-5/h1H,3-5H2. The Hall–Kier alpha value is -0.375. The van der Waals surface area contributed by atoms with E-state index in [0.717, 1.165) is 12.7 Å². The molecular weight excluding hydrogens is 58.9 g/mol. The van der Waals surface area contributed by atoms with Gasteiger partial charge >= 0.3 is 0 Å². The highest BCUT2D eigenvalue weighted by molar-refractivity contribution is 6.08. The van der Waals surface area contributed by atoms with Crippen molar-refractivity contribution in [2.75, 3.05) is 0 Å². The molecule has 0 spiro atoms. The zero-order valence-electron chi connectivity index (χ0n) is 3.49. The van der Waals surface area contributed by atoms with Crippen molar-refractivity contribution in [3.63, 3.8) is 0 Å². The first kappa shape index (κ1) is 4.62. The maximum absolute atomic E-state index is 4.89.